The predicted molar refractivity (Wildman–Crippen MR) is 85.2 cm³/mol. The van der Waals surface area contributed by atoms with E-state index in [9.17, 15) is 9.50 Å². The molecule has 0 radical (unpaired) electrons. The summed E-state index contributed by atoms with van der Waals surface area (Å²) in [5, 5.41) is 12.8. The number of piperidine rings is 1. The SMILES string of the molecule is CN=C(NCc1cc(F)ccc1SC)N1CCC(O)CC1. The zero-order valence-corrected chi connectivity index (χ0v) is 13.3. The van der Waals surface area contributed by atoms with Crippen LogP contribution in [0.2, 0.25) is 0 Å². The van der Waals surface area contributed by atoms with E-state index in [2.05, 4.69) is 15.2 Å². The molecule has 6 heteroatoms. The molecule has 4 nitrogen and oxygen atoms in total. The normalized spacial score (nSPS) is 17.1. The number of nitrogens with zero attached hydrogens (tertiary/aromatic N) is 2. The molecule has 0 saturated carbocycles. The van der Waals surface area contributed by atoms with Gasteiger partial charge in [0, 0.05) is 31.6 Å². The van der Waals surface area contributed by atoms with Gasteiger partial charge in [0.25, 0.3) is 0 Å². The van der Waals surface area contributed by atoms with Crippen molar-refractivity contribution >= 4 is 17.7 Å². The van der Waals surface area contributed by atoms with Crippen LogP contribution in [0.1, 0.15) is 18.4 Å². The van der Waals surface area contributed by atoms with Gasteiger partial charge < -0.3 is 15.3 Å². The molecule has 21 heavy (non-hydrogen) atoms. The van der Waals surface area contributed by atoms with E-state index in [1.54, 1.807) is 30.9 Å². The number of aliphatic hydroxyl groups is 1. The number of likely N-dealkylation sites (tertiary alicyclic amines) is 1. The third-order valence-corrected chi connectivity index (χ3v) is 4.49. The van der Waals surface area contributed by atoms with E-state index >= 15 is 0 Å². The summed E-state index contributed by atoms with van der Waals surface area (Å²) >= 11 is 1.61. The maximum absolute atomic E-state index is 13.4. The Balaban J connectivity index is 1.99. The van der Waals surface area contributed by atoms with Crippen molar-refractivity contribution in [3.63, 3.8) is 0 Å². The fraction of sp³-hybridized carbons (Fsp3) is 0.533. The number of nitrogens with one attached hydrogen (secondary N) is 1. The second-order valence-electron chi connectivity index (χ2n) is 5.08. The fourth-order valence-corrected chi connectivity index (χ4v) is 3.07. The first-order chi connectivity index (χ1) is 10.1. The highest BCUT2D eigenvalue weighted by Crippen LogP contribution is 2.21. The van der Waals surface area contributed by atoms with E-state index < -0.39 is 0 Å². The van der Waals surface area contributed by atoms with Crippen LogP contribution in [-0.2, 0) is 6.54 Å². The smallest absolute Gasteiger partial charge is 0.193 e. The Kier molecular flexibility index (Phi) is 5.87. The first-order valence-electron chi connectivity index (χ1n) is 7.10. The quantitative estimate of drug-likeness (QED) is 0.510. The van der Waals surface area contributed by atoms with Gasteiger partial charge in [0.15, 0.2) is 5.96 Å². The highest BCUT2D eigenvalue weighted by atomic mass is 32.2. The first kappa shape index (κ1) is 16.1. The number of thioether (sulfide) groups is 1. The Hall–Kier alpha value is -1.27. The van der Waals surface area contributed by atoms with E-state index in [0.29, 0.717) is 6.54 Å². The summed E-state index contributed by atoms with van der Waals surface area (Å²) in [5.74, 6) is 0.582. The molecule has 2 N–H and O–H groups in total. The largest absolute Gasteiger partial charge is 0.393 e. The van der Waals surface area contributed by atoms with Crippen molar-refractivity contribution in [3.8, 4) is 0 Å². The van der Waals surface area contributed by atoms with Gasteiger partial charge in [-0.1, -0.05) is 0 Å². The molecular formula is C15H22FN3OS. The Labute approximate surface area is 129 Å². The van der Waals surface area contributed by atoms with Crippen molar-refractivity contribution in [1.29, 1.82) is 0 Å². The number of rotatable bonds is 3. The highest BCUT2D eigenvalue weighted by Gasteiger charge is 2.19. The molecular weight excluding hydrogens is 289 g/mol. The summed E-state index contributed by atoms with van der Waals surface area (Å²) in [7, 11) is 1.74. The van der Waals surface area contributed by atoms with Gasteiger partial charge in [-0.15, -0.1) is 11.8 Å². The van der Waals surface area contributed by atoms with E-state index in [4.69, 9.17) is 0 Å². The van der Waals surface area contributed by atoms with Gasteiger partial charge >= 0.3 is 0 Å². The van der Waals surface area contributed by atoms with Gasteiger partial charge in [-0.05, 0) is 42.9 Å². The summed E-state index contributed by atoms with van der Waals surface area (Å²) in [4.78, 5) is 7.47. The van der Waals surface area contributed by atoms with E-state index in [0.717, 1.165) is 42.3 Å². The minimum Gasteiger partial charge on any atom is -0.393 e. The van der Waals surface area contributed by atoms with Gasteiger partial charge in [0.1, 0.15) is 5.82 Å². The lowest BCUT2D eigenvalue weighted by molar-refractivity contribution is 0.108. The number of halogens is 1. The van der Waals surface area contributed by atoms with Crippen LogP contribution in [0.25, 0.3) is 0 Å². The topological polar surface area (TPSA) is 47.9 Å². The van der Waals surface area contributed by atoms with Crippen molar-refractivity contribution in [2.75, 3.05) is 26.4 Å². The number of benzene rings is 1. The van der Waals surface area contributed by atoms with E-state index in [-0.39, 0.29) is 11.9 Å². The van der Waals surface area contributed by atoms with Crippen molar-refractivity contribution < 1.29 is 9.50 Å². The first-order valence-corrected chi connectivity index (χ1v) is 8.32. The van der Waals surface area contributed by atoms with Gasteiger partial charge in [-0.25, -0.2) is 4.39 Å². The van der Waals surface area contributed by atoms with Crippen molar-refractivity contribution in [2.24, 2.45) is 4.99 Å². The third kappa shape index (κ3) is 4.35. The number of aliphatic hydroxyl groups excluding tert-OH is 1. The number of hydrogen-bond donors (Lipinski definition) is 2. The van der Waals surface area contributed by atoms with Crippen molar-refractivity contribution in [3.05, 3.63) is 29.6 Å². The highest BCUT2D eigenvalue weighted by molar-refractivity contribution is 7.98. The van der Waals surface area contributed by atoms with Crippen LogP contribution in [0.15, 0.2) is 28.1 Å². The monoisotopic (exact) mass is 311 g/mol. The Morgan fingerprint density at radius 1 is 1.48 bits per heavy atom. The molecule has 0 unspecified atom stereocenters. The molecule has 1 saturated heterocycles. The predicted octanol–water partition coefficient (Wildman–Crippen LogP) is 2.08. The fourth-order valence-electron chi connectivity index (χ4n) is 2.47. The van der Waals surface area contributed by atoms with E-state index in [1.165, 1.54) is 6.07 Å². The second kappa shape index (κ2) is 7.66. The van der Waals surface area contributed by atoms with Crippen LogP contribution in [0, 0.1) is 5.82 Å². The molecule has 1 aromatic rings. The molecule has 1 heterocycles. The van der Waals surface area contributed by atoms with Gasteiger partial charge in [0.05, 0.1) is 6.10 Å². The lowest BCUT2D eigenvalue weighted by Gasteiger charge is -2.32. The van der Waals surface area contributed by atoms with Crippen LogP contribution in [0.4, 0.5) is 4.39 Å². The Bertz CT molecular complexity index is 502. The molecule has 1 aromatic carbocycles. The zero-order chi connectivity index (χ0) is 15.2. The molecule has 2 rings (SSSR count). The van der Waals surface area contributed by atoms with Crippen LogP contribution in [0.5, 0.6) is 0 Å². The molecule has 0 aliphatic carbocycles. The van der Waals surface area contributed by atoms with Crippen molar-refractivity contribution in [1.82, 2.24) is 10.2 Å². The number of aliphatic imine (C=N–C) groups is 1. The minimum atomic E-state index is -0.222. The maximum Gasteiger partial charge on any atom is 0.193 e. The Morgan fingerprint density at radius 3 is 2.81 bits per heavy atom. The van der Waals surface area contributed by atoms with Crippen molar-refractivity contribution in [2.45, 2.75) is 30.4 Å². The maximum atomic E-state index is 13.4. The average Bonchev–Trinajstić information content (AvgIpc) is 2.50. The molecule has 0 spiro atoms. The zero-order valence-electron chi connectivity index (χ0n) is 12.5. The minimum absolute atomic E-state index is 0.203. The molecule has 0 amide bonds. The van der Waals surface area contributed by atoms with Gasteiger partial charge in [-0.2, -0.15) is 0 Å². The third-order valence-electron chi connectivity index (χ3n) is 3.66. The summed E-state index contributed by atoms with van der Waals surface area (Å²) < 4.78 is 13.4. The van der Waals surface area contributed by atoms with Crippen LogP contribution in [0.3, 0.4) is 0 Å². The van der Waals surface area contributed by atoms with Crippen LogP contribution < -0.4 is 5.32 Å². The number of guanidine groups is 1. The lowest BCUT2D eigenvalue weighted by Crippen LogP contribution is -2.46. The number of hydrogen-bond acceptors (Lipinski definition) is 3. The second-order valence-corrected chi connectivity index (χ2v) is 5.92. The molecule has 1 aliphatic rings. The van der Waals surface area contributed by atoms with Crippen LogP contribution >= 0.6 is 11.8 Å². The lowest BCUT2D eigenvalue weighted by atomic mass is 10.1. The molecule has 1 aliphatic heterocycles. The molecule has 0 atom stereocenters. The standard InChI is InChI=1S/C15H22FN3OS/c1-17-15(19-7-5-13(20)6-8-19)18-10-11-9-12(16)3-4-14(11)21-2/h3-4,9,13,20H,5-8,10H2,1-2H3,(H,17,18). The Morgan fingerprint density at radius 2 is 2.19 bits per heavy atom. The molecule has 0 bridgehead atoms. The van der Waals surface area contributed by atoms with E-state index in [1.807, 2.05) is 6.26 Å². The average molecular weight is 311 g/mol. The summed E-state index contributed by atoms with van der Waals surface area (Å²) in [6.45, 7) is 2.12. The van der Waals surface area contributed by atoms with Gasteiger partial charge in [0.2, 0.25) is 0 Å². The molecule has 0 aromatic heterocycles. The van der Waals surface area contributed by atoms with Gasteiger partial charge in [-0.3, -0.25) is 4.99 Å². The summed E-state index contributed by atoms with van der Waals surface area (Å²) in [5.41, 5.74) is 0.931. The molecule has 1 fully saturated rings. The summed E-state index contributed by atoms with van der Waals surface area (Å²) in [6.07, 6.45) is 3.30. The van der Waals surface area contributed by atoms with Crippen LogP contribution in [-0.4, -0.2) is 48.5 Å². The molecule has 116 valence electrons. The summed E-state index contributed by atoms with van der Waals surface area (Å²) in [6, 6.07) is 4.85.